The Balaban J connectivity index is 2.02. The average molecular weight is 260 g/mol. The molecule has 0 saturated carbocycles. The van der Waals surface area contributed by atoms with Crippen LogP contribution in [0.25, 0.3) is 0 Å². The van der Waals surface area contributed by atoms with Gasteiger partial charge in [0.25, 0.3) is 0 Å². The molecule has 17 heavy (non-hydrogen) atoms. The third kappa shape index (κ3) is 2.91. The van der Waals surface area contributed by atoms with Crippen molar-refractivity contribution in [2.24, 2.45) is 0 Å². The van der Waals surface area contributed by atoms with Crippen LogP contribution in [0.1, 0.15) is 12.4 Å². The molecule has 0 aliphatic heterocycles. The molecule has 0 spiro atoms. The zero-order chi connectivity index (χ0) is 12.3. The summed E-state index contributed by atoms with van der Waals surface area (Å²) in [6.45, 7) is -2.68. The van der Waals surface area contributed by atoms with Gasteiger partial charge in [-0.2, -0.15) is 8.78 Å². The Hall–Kier alpha value is -1.69. The number of imidazole rings is 1. The summed E-state index contributed by atoms with van der Waals surface area (Å²) in [5.41, 5.74) is 0. The Morgan fingerprint density at radius 3 is 2.82 bits per heavy atom. The molecule has 7 heteroatoms. The first kappa shape index (κ1) is 11.8. The predicted octanol–water partition coefficient (Wildman–Crippen LogP) is 2.91. The van der Waals surface area contributed by atoms with Crippen molar-refractivity contribution in [3.05, 3.63) is 41.7 Å². The van der Waals surface area contributed by atoms with Gasteiger partial charge in [-0.25, -0.2) is 9.97 Å². The van der Waals surface area contributed by atoms with E-state index in [1.807, 2.05) is 0 Å². The van der Waals surface area contributed by atoms with E-state index in [2.05, 4.69) is 9.97 Å². The molecule has 2 heterocycles. The summed E-state index contributed by atoms with van der Waals surface area (Å²) in [6, 6.07) is 3.15. The molecule has 0 aliphatic rings. The number of hydrogen-bond donors (Lipinski definition) is 0. The molecular formula is C10H8ClF2N3O. The van der Waals surface area contributed by atoms with E-state index < -0.39 is 6.55 Å². The number of hydrogen-bond acceptors (Lipinski definition) is 3. The van der Waals surface area contributed by atoms with Gasteiger partial charge in [0, 0.05) is 12.4 Å². The number of nitrogens with zero attached hydrogens (tertiary/aromatic N) is 3. The monoisotopic (exact) mass is 259 g/mol. The first-order valence-corrected chi connectivity index (χ1v) is 5.09. The van der Waals surface area contributed by atoms with E-state index in [4.69, 9.17) is 16.3 Å². The predicted molar refractivity (Wildman–Crippen MR) is 57.1 cm³/mol. The minimum atomic E-state index is -2.63. The highest BCUT2D eigenvalue weighted by atomic mass is 35.5. The summed E-state index contributed by atoms with van der Waals surface area (Å²) in [4.78, 5) is 7.58. The number of rotatable bonds is 4. The van der Waals surface area contributed by atoms with Crippen molar-refractivity contribution in [3.8, 4) is 5.75 Å². The molecule has 0 saturated heterocycles. The van der Waals surface area contributed by atoms with Crippen LogP contribution in [0, 0.1) is 0 Å². The molecule has 2 aromatic heterocycles. The topological polar surface area (TPSA) is 39.9 Å². The molecule has 90 valence electrons. The molecule has 0 unspecified atom stereocenters. The van der Waals surface area contributed by atoms with Crippen molar-refractivity contribution in [2.45, 2.75) is 13.2 Å². The van der Waals surface area contributed by atoms with Gasteiger partial charge < -0.3 is 4.74 Å². The van der Waals surface area contributed by atoms with E-state index in [1.54, 1.807) is 12.1 Å². The molecule has 0 bridgehead atoms. The van der Waals surface area contributed by atoms with Crippen LogP contribution in [-0.2, 0) is 6.61 Å². The van der Waals surface area contributed by atoms with Crippen LogP contribution in [0.5, 0.6) is 5.75 Å². The smallest absolute Gasteiger partial charge is 0.320 e. The van der Waals surface area contributed by atoms with Crippen molar-refractivity contribution < 1.29 is 13.5 Å². The maximum Gasteiger partial charge on any atom is 0.320 e. The average Bonchev–Trinajstić information content (AvgIpc) is 2.76. The number of ether oxygens (including phenoxy) is 1. The molecule has 0 fully saturated rings. The largest absolute Gasteiger partial charge is 0.484 e. The second-order valence-corrected chi connectivity index (χ2v) is 3.52. The van der Waals surface area contributed by atoms with Crippen LogP contribution in [-0.4, -0.2) is 14.5 Å². The minimum Gasteiger partial charge on any atom is -0.484 e. The van der Waals surface area contributed by atoms with E-state index in [-0.39, 0.29) is 12.4 Å². The third-order valence-electron chi connectivity index (χ3n) is 2.03. The summed E-state index contributed by atoms with van der Waals surface area (Å²) in [7, 11) is 0. The maximum absolute atomic E-state index is 12.5. The Kier molecular flexibility index (Phi) is 3.53. The first-order chi connectivity index (χ1) is 8.16. The van der Waals surface area contributed by atoms with Gasteiger partial charge >= 0.3 is 6.55 Å². The van der Waals surface area contributed by atoms with Gasteiger partial charge in [-0.05, 0) is 12.1 Å². The molecular weight excluding hydrogens is 252 g/mol. The Labute approximate surface area is 101 Å². The van der Waals surface area contributed by atoms with Crippen molar-refractivity contribution in [2.75, 3.05) is 0 Å². The fourth-order valence-electron chi connectivity index (χ4n) is 1.23. The van der Waals surface area contributed by atoms with Crippen LogP contribution in [0.15, 0.2) is 30.7 Å². The zero-order valence-electron chi connectivity index (χ0n) is 8.55. The second kappa shape index (κ2) is 5.09. The molecule has 2 rings (SSSR count). The lowest BCUT2D eigenvalue weighted by atomic mass is 10.4. The minimum absolute atomic E-state index is 0.0549. The fraction of sp³-hybridized carbons (Fsp3) is 0.200. The van der Waals surface area contributed by atoms with Crippen LogP contribution >= 0.6 is 11.6 Å². The van der Waals surface area contributed by atoms with Crippen molar-refractivity contribution in [1.82, 2.24) is 14.5 Å². The van der Waals surface area contributed by atoms with Gasteiger partial charge in [0.2, 0.25) is 0 Å². The number of aromatic nitrogens is 3. The highest BCUT2D eigenvalue weighted by molar-refractivity contribution is 6.29. The number of halogens is 3. The number of alkyl halides is 2. The lowest BCUT2D eigenvalue weighted by molar-refractivity contribution is 0.0632. The van der Waals surface area contributed by atoms with Crippen LogP contribution in [0.3, 0.4) is 0 Å². The molecule has 0 aliphatic carbocycles. The summed E-state index contributed by atoms with van der Waals surface area (Å²) < 4.78 is 31.0. The van der Waals surface area contributed by atoms with Crippen LogP contribution < -0.4 is 4.74 Å². The van der Waals surface area contributed by atoms with E-state index in [1.165, 1.54) is 18.6 Å². The molecule has 2 aromatic rings. The quantitative estimate of drug-likeness (QED) is 0.793. The second-order valence-electron chi connectivity index (χ2n) is 3.13. The molecule has 0 radical (unpaired) electrons. The normalized spacial score (nSPS) is 10.8. The van der Waals surface area contributed by atoms with Gasteiger partial charge in [0.1, 0.15) is 17.5 Å². The van der Waals surface area contributed by atoms with Gasteiger partial charge in [-0.3, -0.25) is 4.57 Å². The van der Waals surface area contributed by atoms with Gasteiger partial charge in [-0.1, -0.05) is 11.6 Å². The summed E-state index contributed by atoms with van der Waals surface area (Å²) >= 11 is 5.60. The maximum atomic E-state index is 12.5. The summed E-state index contributed by atoms with van der Waals surface area (Å²) in [5, 5.41) is 0.339. The van der Waals surface area contributed by atoms with E-state index in [0.717, 1.165) is 4.57 Å². The van der Waals surface area contributed by atoms with Crippen LogP contribution in [0.4, 0.5) is 8.78 Å². The van der Waals surface area contributed by atoms with Crippen LogP contribution in [0.2, 0.25) is 5.15 Å². The third-order valence-corrected chi connectivity index (χ3v) is 2.25. The lowest BCUT2D eigenvalue weighted by Crippen LogP contribution is -2.07. The first-order valence-electron chi connectivity index (χ1n) is 4.71. The molecule has 0 amide bonds. The van der Waals surface area contributed by atoms with E-state index in [9.17, 15) is 8.78 Å². The standard InChI is InChI=1S/C10H8ClF2N3O/c11-8-2-1-7(5-15-8)17-6-9-14-3-4-16(9)10(12)13/h1-5,10H,6H2. The highest BCUT2D eigenvalue weighted by Crippen LogP contribution is 2.16. The Morgan fingerprint density at radius 2 is 2.18 bits per heavy atom. The highest BCUT2D eigenvalue weighted by Gasteiger charge is 2.11. The van der Waals surface area contributed by atoms with Gasteiger partial charge in [0.05, 0.1) is 6.20 Å². The van der Waals surface area contributed by atoms with Crippen molar-refractivity contribution in [1.29, 1.82) is 0 Å². The molecule has 0 atom stereocenters. The zero-order valence-corrected chi connectivity index (χ0v) is 9.31. The SMILES string of the molecule is FC(F)n1ccnc1COc1ccc(Cl)nc1. The Bertz CT molecular complexity index is 487. The van der Waals surface area contributed by atoms with Crippen molar-refractivity contribution in [3.63, 3.8) is 0 Å². The van der Waals surface area contributed by atoms with E-state index >= 15 is 0 Å². The lowest BCUT2D eigenvalue weighted by Gasteiger charge is -2.08. The van der Waals surface area contributed by atoms with Gasteiger partial charge in [-0.15, -0.1) is 0 Å². The molecule has 4 nitrogen and oxygen atoms in total. The summed E-state index contributed by atoms with van der Waals surface area (Å²) in [5.74, 6) is 0.591. The Morgan fingerprint density at radius 1 is 1.35 bits per heavy atom. The number of pyridine rings is 1. The molecule has 0 aromatic carbocycles. The van der Waals surface area contributed by atoms with Gasteiger partial charge in [0.15, 0.2) is 5.82 Å². The molecule has 0 N–H and O–H groups in total. The fourth-order valence-corrected chi connectivity index (χ4v) is 1.34. The van der Waals surface area contributed by atoms with E-state index in [0.29, 0.717) is 10.9 Å². The van der Waals surface area contributed by atoms with Crippen molar-refractivity contribution >= 4 is 11.6 Å². The summed E-state index contributed by atoms with van der Waals surface area (Å²) in [6.07, 6.45) is 3.91.